The molecule has 1 saturated carbocycles. The van der Waals surface area contributed by atoms with Crippen LogP contribution in [0.3, 0.4) is 0 Å². The normalized spacial score (nSPS) is 15.1. The maximum Gasteiger partial charge on any atom is 0.315 e. The summed E-state index contributed by atoms with van der Waals surface area (Å²) in [5.41, 5.74) is 5.97. The molecule has 102 valence electrons. The highest BCUT2D eigenvalue weighted by Gasteiger charge is 2.23. The van der Waals surface area contributed by atoms with Gasteiger partial charge in [-0.3, -0.25) is 0 Å². The van der Waals surface area contributed by atoms with E-state index in [-0.39, 0.29) is 30.0 Å². The van der Waals surface area contributed by atoms with E-state index in [4.69, 9.17) is 10.9 Å². The molecular formula is C12H15FN4O2. The molecule has 2 rings (SSSR count). The Kier molecular flexibility index (Phi) is 3.84. The largest absolute Gasteiger partial charge is 0.409 e. The van der Waals surface area contributed by atoms with Crippen LogP contribution in [0.1, 0.15) is 24.0 Å². The number of rotatable bonds is 4. The zero-order chi connectivity index (χ0) is 13.8. The van der Waals surface area contributed by atoms with E-state index in [1.165, 1.54) is 12.1 Å². The molecule has 0 spiro atoms. The summed E-state index contributed by atoms with van der Waals surface area (Å²) in [6.07, 6.45) is 1.99. The second-order valence-electron chi connectivity index (χ2n) is 4.39. The number of hydrogen-bond donors (Lipinski definition) is 4. The molecule has 0 saturated heterocycles. The molecule has 2 amide bonds. The molecule has 0 unspecified atom stereocenters. The molecule has 1 aliphatic carbocycles. The summed E-state index contributed by atoms with van der Waals surface area (Å²) >= 11 is 0. The van der Waals surface area contributed by atoms with Gasteiger partial charge in [-0.2, -0.15) is 0 Å². The summed E-state index contributed by atoms with van der Waals surface area (Å²) in [7, 11) is 0. The Morgan fingerprint density at radius 2 is 2.26 bits per heavy atom. The van der Waals surface area contributed by atoms with Crippen LogP contribution in [0.2, 0.25) is 0 Å². The summed E-state index contributed by atoms with van der Waals surface area (Å²) in [6, 6.07) is 4.12. The van der Waals surface area contributed by atoms with E-state index in [1.54, 1.807) is 0 Å². The van der Waals surface area contributed by atoms with Crippen LogP contribution in [0, 0.1) is 5.82 Å². The van der Waals surface area contributed by atoms with Crippen LogP contribution in [-0.2, 0) is 6.54 Å². The number of amidine groups is 1. The topological polar surface area (TPSA) is 99.7 Å². The third-order valence-electron chi connectivity index (χ3n) is 2.81. The first-order valence-electron chi connectivity index (χ1n) is 5.91. The van der Waals surface area contributed by atoms with Gasteiger partial charge in [-0.15, -0.1) is 0 Å². The Hall–Kier alpha value is -2.31. The highest BCUT2D eigenvalue weighted by Crippen LogP contribution is 2.18. The predicted molar refractivity (Wildman–Crippen MR) is 67.3 cm³/mol. The quantitative estimate of drug-likeness (QED) is 0.282. The van der Waals surface area contributed by atoms with Crippen LogP contribution in [0.25, 0.3) is 0 Å². The van der Waals surface area contributed by atoms with Gasteiger partial charge in [0.1, 0.15) is 5.82 Å². The lowest BCUT2D eigenvalue weighted by Crippen LogP contribution is -2.36. The first-order valence-corrected chi connectivity index (χ1v) is 5.91. The molecule has 1 fully saturated rings. The van der Waals surface area contributed by atoms with Crippen molar-refractivity contribution in [2.24, 2.45) is 10.9 Å². The number of urea groups is 1. The van der Waals surface area contributed by atoms with Crippen molar-refractivity contribution in [3.63, 3.8) is 0 Å². The smallest absolute Gasteiger partial charge is 0.315 e. The average Bonchev–Trinajstić information content (AvgIpc) is 3.20. The van der Waals surface area contributed by atoms with Gasteiger partial charge in [0.15, 0.2) is 5.84 Å². The number of carbonyl (C=O) groups excluding carboxylic acids is 1. The number of nitrogens with one attached hydrogen (secondary N) is 2. The molecule has 0 aromatic heterocycles. The van der Waals surface area contributed by atoms with Gasteiger partial charge in [-0.05, 0) is 18.9 Å². The van der Waals surface area contributed by atoms with Crippen molar-refractivity contribution in [3.8, 4) is 0 Å². The van der Waals surface area contributed by atoms with Crippen molar-refractivity contribution in [1.29, 1.82) is 0 Å². The minimum atomic E-state index is -0.518. The van der Waals surface area contributed by atoms with Crippen LogP contribution in [0.4, 0.5) is 9.18 Å². The highest BCUT2D eigenvalue weighted by molar-refractivity contribution is 5.97. The summed E-state index contributed by atoms with van der Waals surface area (Å²) in [6.45, 7) is 0.0842. The minimum absolute atomic E-state index is 0.0842. The highest BCUT2D eigenvalue weighted by atomic mass is 19.1. The van der Waals surface area contributed by atoms with Crippen LogP contribution in [-0.4, -0.2) is 23.1 Å². The van der Waals surface area contributed by atoms with Crippen molar-refractivity contribution in [3.05, 3.63) is 35.1 Å². The number of hydrogen-bond acceptors (Lipinski definition) is 3. The Balaban J connectivity index is 1.94. The Morgan fingerprint density at radius 3 is 2.84 bits per heavy atom. The van der Waals surface area contributed by atoms with Crippen LogP contribution in [0.15, 0.2) is 23.4 Å². The minimum Gasteiger partial charge on any atom is -0.409 e. The van der Waals surface area contributed by atoms with Gasteiger partial charge in [-0.25, -0.2) is 9.18 Å². The molecule has 0 radical (unpaired) electrons. The lowest BCUT2D eigenvalue weighted by molar-refractivity contribution is 0.240. The Labute approximate surface area is 109 Å². The van der Waals surface area contributed by atoms with Crippen LogP contribution in [0.5, 0.6) is 0 Å². The maximum atomic E-state index is 13.7. The molecule has 1 aliphatic rings. The van der Waals surface area contributed by atoms with Crippen molar-refractivity contribution >= 4 is 11.9 Å². The average molecular weight is 266 g/mol. The van der Waals surface area contributed by atoms with Gasteiger partial charge in [0.2, 0.25) is 0 Å². The molecule has 0 bridgehead atoms. The fourth-order valence-corrected chi connectivity index (χ4v) is 1.55. The fourth-order valence-electron chi connectivity index (χ4n) is 1.55. The standard InChI is InChI=1S/C12H15FN4O2/c13-10-5-7(11(14)17-19)1-2-8(10)6-15-12(18)16-9-3-4-9/h1-2,5,9,19H,3-4,6H2,(H2,14,17)(H2,15,16,18). The number of nitrogens with two attached hydrogens (primary N) is 1. The molecule has 1 aromatic rings. The third-order valence-corrected chi connectivity index (χ3v) is 2.81. The maximum absolute atomic E-state index is 13.7. The summed E-state index contributed by atoms with van der Waals surface area (Å²) < 4.78 is 13.7. The van der Waals surface area contributed by atoms with Crippen LogP contribution < -0.4 is 16.4 Å². The molecule has 0 atom stereocenters. The van der Waals surface area contributed by atoms with Gasteiger partial charge >= 0.3 is 6.03 Å². The molecule has 0 heterocycles. The number of nitrogens with zero attached hydrogens (tertiary/aromatic N) is 1. The molecule has 6 nitrogen and oxygen atoms in total. The van der Waals surface area contributed by atoms with E-state index in [0.29, 0.717) is 5.56 Å². The number of amides is 2. The summed E-state index contributed by atoms with van der Waals surface area (Å²) in [4.78, 5) is 11.4. The van der Waals surface area contributed by atoms with Gasteiger partial charge in [0, 0.05) is 23.7 Å². The van der Waals surface area contributed by atoms with Crippen molar-refractivity contribution in [2.75, 3.05) is 0 Å². The monoisotopic (exact) mass is 266 g/mol. The van der Waals surface area contributed by atoms with Crippen molar-refractivity contribution in [2.45, 2.75) is 25.4 Å². The number of oxime groups is 1. The lowest BCUT2D eigenvalue weighted by atomic mass is 10.1. The summed E-state index contributed by atoms with van der Waals surface area (Å²) in [5, 5.41) is 16.6. The molecule has 0 aliphatic heterocycles. The van der Waals surface area contributed by atoms with E-state index in [1.807, 2.05) is 0 Å². The predicted octanol–water partition coefficient (Wildman–Crippen LogP) is 0.882. The van der Waals surface area contributed by atoms with E-state index >= 15 is 0 Å². The van der Waals surface area contributed by atoms with Gasteiger partial charge in [0.05, 0.1) is 0 Å². The second kappa shape index (κ2) is 5.55. The summed E-state index contributed by atoms with van der Waals surface area (Å²) in [5.74, 6) is -0.680. The molecule has 5 N–H and O–H groups in total. The Morgan fingerprint density at radius 1 is 1.53 bits per heavy atom. The van der Waals surface area contributed by atoms with E-state index in [2.05, 4.69) is 15.8 Å². The van der Waals surface area contributed by atoms with Crippen molar-refractivity contribution < 1.29 is 14.4 Å². The van der Waals surface area contributed by atoms with Crippen LogP contribution >= 0.6 is 0 Å². The van der Waals surface area contributed by atoms with E-state index < -0.39 is 5.82 Å². The molecule has 19 heavy (non-hydrogen) atoms. The van der Waals surface area contributed by atoms with E-state index in [0.717, 1.165) is 18.9 Å². The number of halogens is 1. The number of benzene rings is 1. The van der Waals surface area contributed by atoms with Gasteiger partial charge in [-0.1, -0.05) is 17.3 Å². The molecule has 7 heteroatoms. The molecular weight excluding hydrogens is 251 g/mol. The zero-order valence-corrected chi connectivity index (χ0v) is 10.2. The second-order valence-corrected chi connectivity index (χ2v) is 4.39. The Bertz CT molecular complexity index is 514. The molecule has 1 aromatic carbocycles. The van der Waals surface area contributed by atoms with E-state index in [9.17, 15) is 9.18 Å². The number of carbonyl (C=O) groups is 1. The zero-order valence-electron chi connectivity index (χ0n) is 10.2. The SMILES string of the molecule is NC(=NO)c1ccc(CNC(=O)NC2CC2)c(F)c1. The third kappa shape index (κ3) is 3.57. The van der Waals surface area contributed by atoms with Crippen molar-refractivity contribution in [1.82, 2.24) is 10.6 Å². The first kappa shape index (κ1) is 13.1. The first-order chi connectivity index (χ1) is 9.10. The van der Waals surface area contributed by atoms with Gasteiger partial charge in [0.25, 0.3) is 0 Å². The lowest BCUT2D eigenvalue weighted by Gasteiger charge is -2.08. The van der Waals surface area contributed by atoms with Gasteiger partial charge < -0.3 is 21.6 Å². The fraction of sp³-hybridized carbons (Fsp3) is 0.333.